The van der Waals surface area contributed by atoms with Crippen molar-refractivity contribution in [3.63, 3.8) is 0 Å². The Labute approximate surface area is 103 Å². The highest BCUT2D eigenvalue weighted by molar-refractivity contribution is 7.17. The Bertz CT molecular complexity index is 692. The van der Waals surface area contributed by atoms with Crippen LogP contribution >= 0.6 is 11.3 Å². The van der Waals surface area contributed by atoms with Crippen LogP contribution in [-0.2, 0) is 0 Å². The summed E-state index contributed by atoms with van der Waals surface area (Å²) < 4.78 is 6.93. The zero-order chi connectivity index (χ0) is 12.2. The molecule has 3 aromatic rings. The van der Waals surface area contributed by atoms with Gasteiger partial charge in [0.15, 0.2) is 11.5 Å². The second-order valence-electron chi connectivity index (χ2n) is 4.32. The molecule has 86 valence electrons. The van der Waals surface area contributed by atoms with E-state index in [4.69, 9.17) is 4.42 Å². The summed E-state index contributed by atoms with van der Waals surface area (Å²) in [4.78, 5) is 11.4. The highest BCUT2D eigenvalue weighted by atomic mass is 32.1. The molecule has 0 radical (unpaired) electrons. The van der Waals surface area contributed by atoms with Gasteiger partial charge in [-0.15, -0.1) is 11.3 Å². The van der Waals surface area contributed by atoms with Crippen LogP contribution in [0.3, 0.4) is 0 Å². The minimum absolute atomic E-state index is 0.0247. The van der Waals surface area contributed by atoms with Crippen LogP contribution in [0.4, 0.5) is 0 Å². The maximum absolute atomic E-state index is 11.4. The molecule has 0 amide bonds. The van der Waals surface area contributed by atoms with Crippen LogP contribution in [0.1, 0.15) is 28.6 Å². The van der Waals surface area contributed by atoms with Crippen molar-refractivity contribution < 1.29 is 9.21 Å². The molecule has 1 aromatic carbocycles. The number of furan rings is 1. The third-order valence-electron chi connectivity index (χ3n) is 3.23. The van der Waals surface area contributed by atoms with Gasteiger partial charge < -0.3 is 4.42 Å². The summed E-state index contributed by atoms with van der Waals surface area (Å²) in [5.74, 6) is 0.423. The van der Waals surface area contributed by atoms with Gasteiger partial charge in [-0.3, -0.25) is 4.79 Å². The number of ketones is 1. The number of carbonyl (C=O) groups is 1. The Morgan fingerprint density at radius 3 is 2.71 bits per heavy atom. The second kappa shape index (κ2) is 3.44. The van der Waals surface area contributed by atoms with Crippen LogP contribution in [0.15, 0.2) is 21.9 Å². The third kappa shape index (κ3) is 1.35. The first-order chi connectivity index (χ1) is 8.09. The molecule has 0 fully saturated rings. The molecule has 0 unspecified atom stereocenters. The van der Waals surface area contributed by atoms with Gasteiger partial charge in [0.25, 0.3) is 0 Å². The number of hydrogen-bond acceptors (Lipinski definition) is 3. The van der Waals surface area contributed by atoms with Crippen molar-refractivity contribution in [1.29, 1.82) is 0 Å². The molecule has 3 rings (SSSR count). The summed E-state index contributed by atoms with van der Waals surface area (Å²) >= 11 is 1.72. The average Bonchev–Trinajstić information content (AvgIpc) is 2.92. The van der Waals surface area contributed by atoms with Crippen molar-refractivity contribution in [2.24, 2.45) is 0 Å². The van der Waals surface area contributed by atoms with Crippen LogP contribution in [0, 0.1) is 13.8 Å². The lowest BCUT2D eigenvalue weighted by molar-refractivity contribution is 0.0989. The van der Waals surface area contributed by atoms with E-state index in [1.807, 2.05) is 13.0 Å². The topological polar surface area (TPSA) is 30.2 Å². The first-order valence-electron chi connectivity index (χ1n) is 5.50. The molecule has 0 aliphatic rings. The molecule has 0 saturated heterocycles. The fraction of sp³-hybridized carbons (Fsp3) is 0.214. The number of Topliss-reactive ketones (excluding diaryl/α,β-unsaturated/α-hetero) is 1. The molecular weight excluding hydrogens is 232 g/mol. The Kier molecular flexibility index (Phi) is 2.13. The zero-order valence-corrected chi connectivity index (χ0v) is 10.8. The van der Waals surface area contributed by atoms with E-state index in [9.17, 15) is 4.79 Å². The van der Waals surface area contributed by atoms with E-state index in [0.29, 0.717) is 5.76 Å². The van der Waals surface area contributed by atoms with E-state index in [1.165, 1.54) is 22.6 Å². The van der Waals surface area contributed by atoms with Gasteiger partial charge in [0.1, 0.15) is 5.58 Å². The summed E-state index contributed by atoms with van der Waals surface area (Å²) in [6, 6.07) is 3.99. The van der Waals surface area contributed by atoms with Gasteiger partial charge in [-0.05, 0) is 42.3 Å². The first-order valence-corrected chi connectivity index (χ1v) is 6.38. The standard InChI is InChI=1S/C14H12O2S/c1-7-10-4-5-17-14(10)8(2)13-11(7)6-12(16-13)9(3)15/h4-6H,1-3H3. The van der Waals surface area contributed by atoms with Crippen molar-refractivity contribution in [3.8, 4) is 0 Å². The maximum atomic E-state index is 11.4. The van der Waals surface area contributed by atoms with Crippen molar-refractivity contribution in [3.05, 3.63) is 34.4 Å². The van der Waals surface area contributed by atoms with E-state index in [1.54, 1.807) is 11.3 Å². The van der Waals surface area contributed by atoms with Gasteiger partial charge >= 0.3 is 0 Å². The summed E-state index contributed by atoms with van der Waals surface area (Å²) in [6.45, 7) is 5.66. The van der Waals surface area contributed by atoms with Gasteiger partial charge in [-0.25, -0.2) is 0 Å². The van der Waals surface area contributed by atoms with Crippen LogP contribution in [0.5, 0.6) is 0 Å². The van der Waals surface area contributed by atoms with Crippen LogP contribution in [0.2, 0.25) is 0 Å². The van der Waals surface area contributed by atoms with Gasteiger partial charge in [0, 0.05) is 22.6 Å². The quantitative estimate of drug-likeness (QED) is 0.591. The fourth-order valence-electron chi connectivity index (χ4n) is 2.26. The zero-order valence-electron chi connectivity index (χ0n) is 9.96. The van der Waals surface area contributed by atoms with Crippen LogP contribution < -0.4 is 0 Å². The van der Waals surface area contributed by atoms with Crippen LogP contribution in [0.25, 0.3) is 21.1 Å². The Hall–Kier alpha value is -1.61. The minimum atomic E-state index is -0.0247. The largest absolute Gasteiger partial charge is 0.453 e. The molecule has 0 aliphatic carbocycles. The Morgan fingerprint density at radius 2 is 2.00 bits per heavy atom. The lowest BCUT2D eigenvalue weighted by atomic mass is 10.0. The maximum Gasteiger partial charge on any atom is 0.194 e. The highest BCUT2D eigenvalue weighted by Crippen LogP contribution is 2.36. The number of hydrogen-bond donors (Lipinski definition) is 0. The minimum Gasteiger partial charge on any atom is -0.453 e. The summed E-state index contributed by atoms with van der Waals surface area (Å²) in [6.07, 6.45) is 0. The number of rotatable bonds is 1. The van der Waals surface area contributed by atoms with E-state index in [0.717, 1.165) is 16.5 Å². The molecule has 0 aliphatic heterocycles. The van der Waals surface area contributed by atoms with E-state index in [2.05, 4.69) is 18.4 Å². The molecule has 0 N–H and O–H groups in total. The fourth-order valence-corrected chi connectivity index (χ4v) is 3.22. The highest BCUT2D eigenvalue weighted by Gasteiger charge is 2.15. The predicted octanol–water partition coefficient (Wildman–Crippen LogP) is 4.47. The number of aryl methyl sites for hydroxylation is 2. The lowest BCUT2D eigenvalue weighted by Gasteiger charge is -2.02. The summed E-state index contributed by atoms with van der Waals surface area (Å²) in [5, 5.41) is 4.41. The van der Waals surface area contributed by atoms with Crippen molar-refractivity contribution >= 4 is 38.2 Å². The summed E-state index contributed by atoms with van der Waals surface area (Å²) in [7, 11) is 0. The third-order valence-corrected chi connectivity index (χ3v) is 4.27. The van der Waals surface area contributed by atoms with Crippen LogP contribution in [-0.4, -0.2) is 5.78 Å². The van der Waals surface area contributed by atoms with Crippen molar-refractivity contribution in [2.75, 3.05) is 0 Å². The molecule has 0 atom stereocenters. The number of benzene rings is 1. The summed E-state index contributed by atoms with van der Waals surface area (Å²) in [5.41, 5.74) is 3.17. The average molecular weight is 244 g/mol. The SMILES string of the molecule is CC(=O)c1cc2c(C)c3ccsc3c(C)c2o1. The second-order valence-corrected chi connectivity index (χ2v) is 5.24. The van der Waals surface area contributed by atoms with Gasteiger partial charge in [0.05, 0.1) is 0 Å². The first kappa shape index (κ1) is 10.5. The molecule has 2 aromatic heterocycles. The predicted molar refractivity (Wildman–Crippen MR) is 71.1 cm³/mol. The Balaban J connectivity index is 2.53. The molecule has 3 heteroatoms. The van der Waals surface area contributed by atoms with Gasteiger partial charge in [0.2, 0.25) is 0 Å². The smallest absolute Gasteiger partial charge is 0.194 e. The lowest BCUT2D eigenvalue weighted by Crippen LogP contribution is -1.85. The number of fused-ring (bicyclic) bond motifs is 2. The molecule has 0 saturated carbocycles. The Morgan fingerprint density at radius 1 is 1.24 bits per heavy atom. The normalized spacial score (nSPS) is 11.5. The van der Waals surface area contributed by atoms with Gasteiger partial charge in [-0.2, -0.15) is 0 Å². The number of thiophene rings is 1. The van der Waals surface area contributed by atoms with Crippen molar-refractivity contribution in [1.82, 2.24) is 0 Å². The molecule has 2 nitrogen and oxygen atoms in total. The van der Waals surface area contributed by atoms with E-state index >= 15 is 0 Å². The molecule has 0 bridgehead atoms. The monoisotopic (exact) mass is 244 g/mol. The van der Waals surface area contributed by atoms with E-state index in [-0.39, 0.29) is 5.78 Å². The molecular formula is C14H12O2S. The molecule has 17 heavy (non-hydrogen) atoms. The number of carbonyl (C=O) groups excluding carboxylic acids is 1. The van der Waals surface area contributed by atoms with Gasteiger partial charge in [-0.1, -0.05) is 0 Å². The molecule has 0 spiro atoms. The van der Waals surface area contributed by atoms with Crippen molar-refractivity contribution in [2.45, 2.75) is 20.8 Å². The molecule has 2 heterocycles. The van der Waals surface area contributed by atoms with E-state index < -0.39 is 0 Å².